The van der Waals surface area contributed by atoms with Crippen LogP contribution in [0.4, 0.5) is 5.69 Å². The van der Waals surface area contributed by atoms with Crippen molar-refractivity contribution in [2.45, 2.75) is 25.3 Å². The van der Waals surface area contributed by atoms with Crippen LogP contribution in [0.1, 0.15) is 27.0 Å². The van der Waals surface area contributed by atoms with Gasteiger partial charge in [0.15, 0.2) is 0 Å². The van der Waals surface area contributed by atoms with E-state index in [9.17, 15) is 13.2 Å². The molecule has 29 heavy (non-hydrogen) atoms. The third-order valence-corrected chi connectivity index (χ3v) is 6.15. The Balaban J connectivity index is 1.83. The smallest absolute Gasteiger partial charge is 0.255 e. The first-order chi connectivity index (χ1) is 13.8. The van der Waals surface area contributed by atoms with Crippen LogP contribution in [-0.2, 0) is 16.6 Å². The molecule has 0 aromatic heterocycles. The van der Waals surface area contributed by atoms with Gasteiger partial charge in [0.1, 0.15) is 0 Å². The van der Waals surface area contributed by atoms with E-state index in [1.807, 2.05) is 37.3 Å². The Labute approximate surface area is 175 Å². The SMILES string of the molecule is Cc1ccc(Cl)cc1NC(=O)c1cc(S(=O)(=O)NCc2ccccc2)ccc1C. The first kappa shape index (κ1) is 21.0. The molecule has 5 nitrogen and oxygen atoms in total. The van der Waals surface area contributed by atoms with Crippen molar-refractivity contribution >= 4 is 33.2 Å². The molecule has 7 heteroatoms. The summed E-state index contributed by atoms with van der Waals surface area (Å²) in [5.41, 5.74) is 3.24. The Kier molecular flexibility index (Phi) is 6.37. The maximum absolute atomic E-state index is 12.8. The third-order valence-electron chi connectivity index (χ3n) is 4.52. The maximum atomic E-state index is 12.8. The third kappa shape index (κ3) is 5.23. The first-order valence-corrected chi connectivity index (χ1v) is 10.8. The van der Waals surface area contributed by atoms with E-state index >= 15 is 0 Å². The predicted octanol–water partition coefficient (Wildman–Crippen LogP) is 4.69. The molecule has 0 aliphatic rings. The van der Waals surface area contributed by atoms with Gasteiger partial charge in [0, 0.05) is 22.8 Å². The molecule has 0 fully saturated rings. The van der Waals surface area contributed by atoms with E-state index < -0.39 is 15.9 Å². The molecule has 0 spiro atoms. The molecule has 150 valence electrons. The van der Waals surface area contributed by atoms with Gasteiger partial charge < -0.3 is 5.32 Å². The van der Waals surface area contributed by atoms with Gasteiger partial charge in [-0.3, -0.25) is 4.79 Å². The molecule has 0 unspecified atom stereocenters. The van der Waals surface area contributed by atoms with Crippen LogP contribution in [0.2, 0.25) is 5.02 Å². The summed E-state index contributed by atoms with van der Waals surface area (Å²) >= 11 is 6.01. The van der Waals surface area contributed by atoms with Gasteiger partial charge in [0.2, 0.25) is 10.0 Å². The van der Waals surface area contributed by atoms with Gasteiger partial charge in [-0.1, -0.05) is 54.1 Å². The fourth-order valence-corrected chi connectivity index (χ4v) is 4.00. The van der Waals surface area contributed by atoms with E-state index in [2.05, 4.69) is 10.0 Å². The van der Waals surface area contributed by atoms with Crippen LogP contribution >= 0.6 is 11.6 Å². The minimum Gasteiger partial charge on any atom is -0.322 e. The monoisotopic (exact) mass is 428 g/mol. The highest BCUT2D eigenvalue weighted by molar-refractivity contribution is 7.89. The highest BCUT2D eigenvalue weighted by Gasteiger charge is 2.18. The van der Waals surface area contributed by atoms with Crippen LogP contribution in [0, 0.1) is 13.8 Å². The zero-order valence-corrected chi connectivity index (χ0v) is 17.6. The molecule has 0 radical (unpaired) electrons. The van der Waals surface area contributed by atoms with Crippen molar-refractivity contribution in [3.05, 3.63) is 94.0 Å². The second-order valence-corrected chi connectivity index (χ2v) is 8.90. The van der Waals surface area contributed by atoms with E-state index in [1.165, 1.54) is 12.1 Å². The Morgan fingerprint density at radius 3 is 2.34 bits per heavy atom. The molecule has 3 rings (SSSR count). The number of hydrogen-bond acceptors (Lipinski definition) is 3. The number of sulfonamides is 1. The molecule has 0 aliphatic carbocycles. The number of aryl methyl sites for hydroxylation is 2. The summed E-state index contributed by atoms with van der Waals surface area (Å²) in [5.74, 6) is -0.395. The van der Waals surface area contributed by atoms with Crippen molar-refractivity contribution < 1.29 is 13.2 Å². The quantitative estimate of drug-likeness (QED) is 0.598. The van der Waals surface area contributed by atoms with E-state index in [4.69, 9.17) is 11.6 Å². The van der Waals surface area contributed by atoms with Crippen LogP contribution < -0.4 is 10.0 Å². The number of carbonyl (C=O) groups excluding carboxylic acids is 1. The van der Waals surface area contributed by atoms with Crippen molar-refractivity contribution in [3.8, 4) is 0 Å². The first-order valence-electron chi connectivity index (χ1n) is 8.98. The summed E-state index contributed by atoms with van der Waals surface area (Å²) < 4.78 is 27.9. The molecule has 3 aromatic rings. The summed E-state index contributed by atoms with van der Waals surface area (Å²) in [6.07, 6.45) is 0. The number of hydrogen-bond donors (Lipinski definition) is 2. The van der Waals surface area contributed by atoms with E-state index in [0.29, 0.717) is 16.3 Å². The second-order valence-electron chi connectivity index (χ2n) is 6.70. The predicted molar refractivity (Wildman–Crippen MR) is 116 cm³/mol. The summed E-state index contributed by atoms with van der Waals surface area (Å²) in [4.78, 5) is 12.8. The van der Waals surface area contributed by atoms with Gasteiger partial charge in [-0.2, -0.15) is 0 Å². The van der Waals surface area contributed by atoms with Gasteiger partial charge in [-0.15, -0.1) is 0 Å². The highest BCUT2D eigenvalue weighted by Crippen LogP contribution is 2.22. The number of rotatable bonds is 6. The Morgan fingerprint density at radius 2 is 1.62 bits per heavy atom. The number of carbonyl (C=O) groups is 1. The van der Waals surface area contributed by atoms with Gasteiger partial charge in [-0.05, 0) is 54.8 Å². The van der Waals surface area contributed by atoms with Gasteiger partial charge in [0.05, 0.1) is 4.90 Å². The zero-order chi connectivity index (χ0) is 21.0. The van der Waals surface area contributed by atoms with Crippen LogP contribution in [0.15, 0.2) is 71.6 Å². The van der Waals surface area contributed by atoms with Crippen molar-refractivity contribution in [3.63, 3.8) is 0 Å². The minimum absolute atomic E-state index is 0.0343. The molecule has 1 amide bonds. The molecular formula is C22H21ClN2O3S. The summed E-state index contributed by atoms with van der Waals surface area (Å²) in [5, 5.41) is 3.31. The van der Waals surface area contributed by atoms with E-state index in [-0.39, 0.29) is 17.0 Å². The van der Waals surface area contributed by atoms with Crippen LogP contribution in [0.25, 0.3) is 0 Å². The Morgan fingerprint density at radius 1 is 0.931 bits per heavy atom. The topological polar surface area (TPSA) is 75.3 Å². The molecule has 0 aliphatic heterocycles. The lowest BCUT2D eigenvalue weighted by atomic mass is 10.1. The number of anilines is 1. The number of amides is 1. The Hall–Kier alpha value is -2.67. The largest absolute Gasteiger partial charge is 0.322 e. The van der Waals surface area contributed by atoms with E-state index in [0.717, 1.165) is 11.1 Å². The fourth-order valence-electron chi connectivity index (χ4n) is 2.79. The molecule has 3 aromatic carbocycles. The van der Waals surface area contributed by atoms with Gasteiger partial charge >= 0.3 is 0 Å². The van der Waals surface area contributed by atoms with Crippen LogP contribution in [0.5, 0.6) is 0 Å². The number of benzene rings is 3. The highest BCUT2D eigenvalue weighted by atomic mass is 35.5. The summed E-state index contributed by atoms with van der Waals surface area (Å²) in [6, 6.07) is 18.9. The molecule has 0 heterocycles. The molecule has 0 bridgehead atoms. The average molecular weight is 429 g/mol. The Bertz CT molecular complexity index is 1150. The molecule has 0 saturated heterocycles. The van der Waals surface area contributed by atoms with Crippen molar-refractivity contribution in [1.82, 2.24) is 4.72 Å². The molecule has 0 atom stereocenters. The summed E-state index contributed by atoms with van der Waals surface area (Å²) in [6.45, 7) is 3.78. The van der Waals surface area contributed by atoms with Crippen molar-refractivity contribution in [2.75, 3.05) is 5.32 Å². The normalized spacial score (nSPS) is 11.3. The zero-order valence-electron chi connectivity index (χ0n) is 16.1. The van der Waals surface area contributed by atoms with Gasteiger partial charge in [-0.25, -0.2) is 13.1 Å². The lowest BCUT2D eigenvalue weighted by Crippen LogP contribution is -2.24. The van der Waals surface area contributed by atoms with Gasteiger partial charge in [0.25, 0.3) is 5.91 Å². The van der Waals surface area contributed by atoms with Crippen LogP contribution in [0.3, 0.4) is 0 Å². The minimum atomic E-state index is -3.77. The number of nitrogens with one attached hydrogen (secondary N) is 2. The molecule has 2 N–H and O–H groups in total. The fraction of sp³-hybridized carbons (Fsp3) is 0.136. The second kappa shape index (κ2) is 8.78. The maximum Gasteiger partial charge on any atom is 0.255 e. The standard InChI is InChI=1S/C22H21ClN2O3S/c1-15-9-11-19(29(27,28)24-14-17-6-4-3-5-7-17)13-20(15)22(26)25-21-12-18(23)10-8-16(21)2/h3-13,24H,14H2,1-2H3,(H,25,26). The molecule has 0 saturated carbocycles. The summed E-state index contributed by atoms with van der Waals surface area (Å²) in [7, 11) is -3.77. The van der Waals surface area contributed by atoms with Crippen molar-refractivity contribution in [1.29, 1.82) is 0 Å². The van der Waals surface area contributed by atoms with Crippen LogP contribution in [-0.4, -0.2) is 14.3 Å². The molecular weight excluding hydrogens is 408 g/mol. The number of halogens is 1. The lowest BCUT2D eigenvalue weighted by Gasteiger charge is -2.13. The lowest BCUT2D eigenvalue weighted by molar-refractivity contribution is 0.102. The van der Waals surface area contributed by atoms with E-state index in [1.54, 1.807) is 31.2 Å². The van der Waals surface area contributed by atoms with Crippen molar-refractivity contribution in [2.24, 2.45) is 0 Å². The average Bonchev–Trinajstić information content (AvgIpc) is 2.70.